The highest BCUT2D eigenvalue weighted by molar-refractivity contribution is 6.00. The molecular weight excluding hydrogens is 312 g/mol. The first kappa shape index (κ1) is 17.9. The van der Waals surface area contributed by atoms with Crippen LogP contribution in [-0.2, 0) is 4.74 Å². The summed E-state index contributed by atoms with van der Waals surface area (Å²) in [5, 5.41) is 14.0. The number of hydrogen-bond donors (Lipinski definition) is 1. The van der Waals surface area contributed by atoms with Crippen LogP contribution < -0.4 is 10.1 Å². The van der Waals surface area contributed by atoms with Crippen molar-refractivity contribution in [2.75, 3.05) is 19.8 Å². The second-order valence-electron chi connectivity index (χ2n) is 5.74. The van der Waals surface area contributed by atoms with Gasteiger partial charge in [0.25, 0.3) is 11.6 Å². The maximum absolute atomic E-state index is 12.5. The number of benzene rings is 1. The Kier molecular flexibility index (Phi) is 5.92. The van der Waals surface area contributed by atoms with Crippen LogP contribution in [0.15, 0.2) is 30.4 Å². The molecule has 1 saturated heterocycles. The lowest BCUT2D eigenvalue weighted by molar-refractivity contribution is -0.385. The van der Waals surface area contributed by atoms with E-state index in [9.17, 15) is 14.9 Å². The molecule has 130 valence electrons. The van der Waals surface area contributed by atoms with Crippen LogP contribution in [0.25, 0.3) is 0 Å². The number of nitrogens with zero attached hydrogens (tertiary/aromatic N) is 1. The summed E-state index contributed by atoms with van der Waals surface area (Å²) in [7, 11) is 0. The van der Waals surface area contributed by atoms with Crippen molar-refractivity contribution in [3.63, 3.8) is 0 Å². The lowest BCUT2D eigenvalue weighted by atomic mass is 9.97. The minimum absolute atomic E-state index is 0.0462. The summed E-state index contributed by atoms with van der Waals surface area (Å²) in [6, 6.07) is 4.36. The number of ether oxygens (including phenoxy) is 2. The molecule has 1 amide bonds. The monoisotopic (exact) mass is 334 g/mol. The molecule has 7 heteroatoms. The Bertz CT molecular complexity index is 644. The van der Waals surface area contributed by atoms with Crippen molar-refractivity contribution >= 4 is 11.6 Å². The molecule has 1 aromatic rings. The van der Waals surface area contributed by atoms with Crippen molar-refractivity contribution in [3.05, 3.63) is 46.0 Å². The van der Waals surface area contributed by atoms with E-state index in [0.29, 0.717) is 19.8 Å². The van der Waals surface area contributed by atoms with Gasteiger partial charge in [0.1, 0.15) is 5.75 Å². The van der Waals surface area contributed by atoms with Gasteiger partial charge in [-0.2, -0.15) is 0 Å². The maximum Gasteiger partial charge on any atom is 0.285 e. The van der Waals surface area contributed by atoms with Crippen molar-refractivity contribution in [3.8, 4) is 5.75 Å². The topological polar surface area (TPSA) is 90.7 Å². The van der Waals surface area contributed by atoms with Gasteiger partial charge < -0.3 is 14.8 Å². The highest BCUT2D eigenvalue weighted by Crippen LogP contribution is 2.29. The normalized spacial score (nSPS) is 19.8. The van der Waals surface area contributed by atoms with Crippen LogP contribution in [0.2, 0.25) is 0 Å². The Labute approximate surface area is 140 Å². The zero-order chi connectivity index (χ0) is 17.7. The van der Waals surface area contributed by atoms with E-state index in [4.69, 9.17) is 9.47 Å². The number of carbonyl (C=O) groups is 1. The summed E-state index contributed by atoms with van der Waals surface area (Å²) < 4.78 is 11.0. The summed E-state index contributed by atoms with van der Waals surface area (Å²) in [5.41, 5.74) is 0.597. The molecule has 0 aliphatic carbocycles. The van der Waals surface area contributed by atoms with Gasteiger partial charge in [0.15, 0.2) is 5.56 Å². The minimum atomic E-state index is -0.577. The molecule has 0 unspecified atom stereocenters. The van der Waals surface area contributed by atoms with Crippen molar-refractivity contribution in [1.29, 1.82) is 0 Å². The third-order valence-electron chi connectivity index (χ3n) is 3.95. The Morgan fingerprint density at radius 3 is 2.92 bits per heavy atom. The summed E-state index contributed by atoms with van der Waals surface area (Å²) in [5.74, 6) is -0.189. The SMILES string of the molecule is C=C(C)[C@@H]1OCC[C@H]1CNC(=O)c1c(OCC)cccc1[N+](=O)[O-]. The fraction of sp³-hybridized carbons (Fsp3) is 0.471. The Balaban J connectivity index is 2.17. The predicted octanol–water partition coefficient (Wildman–Crippen LogP) is 2.70. The summed E-state index contributed by atoms with van der Waals surface area (Å²) in [6.45, 7) is 8.85. The Morgan fingerprint density at radius 2 is 2.29 bits per heavy atom. The summed E-state index contributed by atoms with van der Waals surface area (Å²) in [4.78, 5) is 23.2. The largest absolute Gasteiger partial charge is 0.493 e. The predicted molar refractivity (Wildman–Crippen MR) is 89.3 cm³/mol. The quantitative estimate of drug-likeness (QED) is 0.470. The second-order valence-corrected chi connectivity index (χ2v) is 5.74. The van der Waals surface area contributed by atoms with Gasteiger partial charge in [0, 0.05) is 25.1 Å². The van der Waals surface area contributed by atoms with Crippen molar-refractivity contribution in [1.82, 2.24) is 5.32 Å². The molecule has 1 aliphatic heterocycles. The van der Waals surface area contributed by atoms with Gasteiger partial charge in [-0.3, -0.25) is 14.9 Å². The molecule has 0 bridgehead atoms. The van der Waals surface area contributed by atoms with E-state index < -0.39 is 10.8 Å². The first-order chi connectivity index (χ1) is 11.5. The number of nitrogens with one attached hydrogen (secondary N) is 1. The number of carbonyl (C=O) groups excluding carboxylic acids is 1. The molecular formula is C17H22N2O5. The van der Waals surface area contributed by atoms with Gasteiger partial charge in [0.2, 0.25) is 0 Å². The van der Waals surface area contributed by atoms with Gasteiger partial charge in [0.05, 0.1) is 17.6 Å². The van der Waals surface area contributed by atoms with Crippen molar-refractivity contribution in [2.45, 2.75) is 26.4 Å². The van der Waals surface area contributed by atoms with Crippen LogP contribution >= 0.6 is 0 Å². The van der Waals surface area contributed by atoms with Gasteiger partial charge >= 0.3 is 0 Å². The Morgan fingerprint density at radius 1 is 1.54 bits per heavy atom. The number of nitro benzene ring substituents is 1. The molecule has 1 fully saturated rings. The van der Waals surface area contributed by atoms with E-state index in [2.05, 4.69) is 11.9 Å². The molecule has 2 atom stereocenters. The van der Waals surface area contributed by atoms with Crippen molar-refractivity contribution in [2.24, 2.45) is 5.92 Å². The number of hydrogen-bond acceptors (Lipinski definition) is 5. The maximum atomic E-state index is 12.5. The van der Waals surface area contributed by atoms with Crippen LogP contribution in [-0.4, -0.2) is 36.7 Å². The molecule has 0 spiro atoms. The molecule has 1 aliphatic rings. The van der Waals surface area contributed by atoms with E-state index in [1.54, 1.807) is 13.0 Å². The average molecular weight is 334 g/mol. The molecule has 0 aromatic heterocycles. The standard InChI is InChI=1S/C17H22N2O5/c1-4-23-14-7-5-6-13(19(21)22)15(14)17(20)18-10-12-8-9-24-16(12)11(2)3/h5-7,12,16H,2,4,8-10H2,1,3H3,(H,18,20)/t12-,16-/m0/s1. The number of nitro groups is 1. The zero-order valence-corrected chi connectivity index (χ0v) is 13.9. The molecule has 7 nitrogen and oxygen atoms in total. The van der Waals surface area contributed by atoms with Crippen LogP contribution in [0.4, 0.5) is 5.69 Å². The zero-order valence-electron chi connectivity index (χ0n) is 13.9. The molecule has 1 heterocycles. The van der Waals surface area contributed by atoms with Crippen LogP contribution in [0.3, 0.4) is 0 Å². The van der Waals surface area contributed by atoms with Gasteiger partial charge in [-0.15, -0.1) is 0 Å². The first-order valence-electron chi connectivity index (χ1n) is 7.91. The fourth-order valence-electron chi connectivity index (χ4n) is 2.88. The van der Waals surface area contributed by atoms with E-state index in [-0.39, 0.29) is 29.0 Å². The van der Waals surface area contributed by atoms with E-state index >= 15 is 0 Å². The smallest absolute Gasteiger partial charge is 0.285 e. The lowest BCUT2D eigenvalue weighted by Crippen LogP contribution is -2.33. The third kappa shape index (κ3) is 3.91. The van der Waals surface area contributed by atoms with Gasteiger partial charge in [-0.05, 0) is 26.3 Å². The lowest BCUT2D eigenvalue weighted by Gasteiger charge is -2.19. The minimum Gasteiger partial charge on any atom is -0.493 e. The third-order valence-corrected chi connectivity index (χ3v) is 3.95. The van der Waals surface area contributed by atoms with Crippen molar-refractivity contribution < 1.29 is 19.2 Å². The molecule has 1 N–H and O–H groups in total. The van der Waals surface area contributed by atoms with E-state index in [1.165, 1.54) is 12.1 Å². The average Bonchev–Trinajstić information content (AvgIpc) is 3.01. The fourth-order valence-corrected chi connectivity index (χ4v) is 2.88. The molecule has 24 heavy (non-hydrogen) atoms. The Hall–Kier alpha value is -2.41. The van der Waals surface area contributed by atoms with Crippen LogP contribution in [0.5, 0.6) is 5.75 Å². The summed E-state index contributed by atoms with van der Waals surface area (Å²) in [6.07, 6.45) is 0.718. The molecule has 0 radical (unpaired) electrons. The van der Waals surface area contributed by atoms with Crippen LogP contribution in [0, 0.1) is 16.0 Å². The highest BCUT2D eigenvalue weighted by Gasteiger charge is 2.31. The molecule has 1 aromatic carbocycles. The second kappa shape index (κ2) is 7.92. The first-order valence-corrected chi connectivity index (χ1v) is 7.91. The van der Waals surface area contributed by atoms with Gasteiger partial charge in [-0.25, -0.2) is 0 Å². The van der Waals surface area contributed by atoms with Crippen LogP contribution in [0.1, 0.15) is 30.6 Å². The van der Waals surface area contributed by atoms with Gasteiger partial charge in [-0.1, -0.05) is 18.2 Å². The molecule has 2 rings (SSSR count). The summed E-state index contributed by atoms with van der Waals surface area (Å²) >= 11 is 0. The molecule has 0 saturated carbocycles. The van der Waals surface area contributed by atoms with E-state index in [1.807, 2.05) is 6.92 Å². The van der Waals surface area contributed by atoms with E-state index in [0.717, 1.165) is 12.0 Å². The highest BCUT2D eigenvalue weighted by atomic mass is 16.6. The number of rotatable bonds is 7. The number of amides is 1.